The highest BCUT2D eigenvalue weighted by Crippen LogP contribution is 2.23. The van der Waals surface area contributed by atoms with Crippen LogP contribution in [0.15, 0.2) is 23.4 Å². The Balaban J connectivity index is 1.75. The molecule has 0 radical (unpaired) electrons. The van der Waals surface area contributed by atoms with Gasteiger partial charge in [-0.1, -0.05) is 17.8 Å². The number of amides is 1. The van der Waals surface area contributed by atoms with Gasteiger partial charge in [-0.3, -0.25) is 4.79 Å². The topological polar surface area (TPSA) is 72.2 Å². The predicted molar refractivity (Wildman–Crippen MR) is 100 cm³/mol. The summed E-state index contributed by atoms with van der Waals surface area (Å²) < 4.78 is 15.3. The number of nitrogens with zero attached hydrogens (tertiary/aromatic N) is 4. The summed E-state index contributed by atoms with van der Waals surface area (Å²) in [6.07, 6.45) is 0. The number of nitrogens with one attached hydrogen (secondary N) is 1. The molecule has 0 aliphatic carbocycles. The lowest BCUT2D eigenvalue weighted by atomic mass is 10.2. The van der Waals surface area contributed by atoms with Crippen molar-refractivity contribution < 1.29 is 9.18 Å². The molecule has 0 bridgehead atoms. The van der Waals surface area contributed by atoms with Crippen LogP contribution in [0.4, 0.5) is 10.1 Å². The van der Waals surface area contributed by atoms with E-state index in [0.29, 0.717) is 22.2 Å². The van der Waals surface area contributed by atoms with E-state index in [2.05, 4.69) is 20.4 Å². The van der Waals surface area contributed by atoms with Crippen molar-refractivity contribution in [3.05, 3.63) is 46.5 Å². The van der Waals surface area contributed by atoms with Crippen LogP contribution in [0.25, 0.3) is 5.78 Å². The van der Waals surface area contributed by atoms with Crippen molar-refractivity contribution in [1.29, 1.82) is 0 Å². The van der Waals surface area contributed by atoms with Crippen LogP contribution in [0, 0.1) is 33.5 Å². The summed E-state index contributed by atoms with van der Waals surface area (Å²) in [5.74, 6) is -0.0760. The highest BCUT2D eigenvalue weighted by molar-refractivity contribution is 8.00. The Hall–Kier alpha value is -2.48. The first kappa shape index (κ1) is 18.3. The van der Waals surface area contributed by atoms with Gasteiger partial charge in [0.1, 0.15) is 5.82 Å². The van der Waals surface area contributed by atoms with E-state index in [1.165, 1.54) is 17.8 Å². The number of hydrogen-bond acceptors (Lipinski definition) is 5. The minimum Gasteiger partial charge on any atom is -0.325 e. The summed E-state index contributed by atoms with van der Waals surface area (Å²) in [4.78, 5) is 21.2. The van der Waals surface area contributed by atoms with Crippen LogP contribution in [0.5, 0.6) is 0 Å². The molecule has 0 saturated carbocycles. The van der Waals surface area contributed by atoms with Gasteiger partial charge in [-0.2, -0.15) is 4.98 Å². The van der Waals surface area contributed by atoms with Crippen LogP contribution in [-0.2, 0) is 4.79 Å². The van der Waals surface area contributed by atoms with Gasteiger partial charge in [-0.05, 0) is 57.9 Å². The molecule has 0 aliphatic heterocycles. The van der Waals surface area contributed by atoms with E-state index in [9.17, 15) is 9.18 Å². The Morgan fingerprint density at radius 1 is 1.23 bits per heavy atom. The van der Waals surface area contributed by atoms with E-state index in [1.54, 1.807) is 30.5 Å². The smallest absolute Gasteiger partial charge is 0.253 e. The fourth-order valence-electron chi connectivity index (χ4n) is 2.41. The fourth-order valence-corrected chi connectivity index (χ4v) is 3.16. The summed E-state index contributed by atoms with van der Waals surface area (Å²) in [6, 6.07) is 4.62. The molecule has 3 rings (SSSR count). The molecule has 0 aliphatic rings. The number of anilines is 1. The van der Waals surface area contributed by atoms with E-state index >= 15 is 0 Å². The van der Waals surface area contributed by atoms with Crippen molar-refractivity contribution in [2.24, 2.45) is 0 Å². The molecule has 0 saturated heterocycles. The Kier molecular flexibility index (Phi) is 4.95. The number of carbonyl (C=O) groups is 1. The standard InChI is InChI=1S/C18H20FN5OS/c1-9-6-7-14(8-15(9)19)21-16(25)13(5)26-18-22-17-20-11(3)10(2)12(4)24(17)23-18/h6-8,13H,1-5H3,(H,21,25). The molecule has 1 N–H and O–H groups in total. The number of fused-ring (bicyclic) bond motifs is 1. The number of aromatic nitrogens is 4. The molecule has 1 atom stereocenters. The molecule has 1 aromatic carbocycles. The monoisotopic (exact) mass is 373 g/mol. The maximum atomic E-state index is 13.6. The molecule has 1 amide bonds. The average Bonchev–Trinajstić information content (AvgIpc) is 2.98. The van der Waals surface area contributed by atoms with Crippen LogP contribution in [0.1, 0.15) is 29.4 Å². The van der Waals surface area contributed by atoms with Crippen LogP contribution in [-0.4, -0.2) is 30.7 Å². The number of aryl methyl sites for hydroxylation is 3. The molecule has 8 heteroatoms. The van der Waals surface area contributed by atoms with Gasteiger partial charge < -0.3 is 5.32 Å². The van der Waals surface area contributed by atoms with E-state index < -0.39 is 5.25 Å². The maximum absolute atomic E-state index is 13.6. The molecule has 2 aromatic heterocycles. The van der Waals surface area contributed by atoms with Gasteiger partial charge >= 0.3 is 0 Å². The average molecular weight is 373 g/mol. The van der Waals surface area contributed by atoms with Crippen molar-refractivity contribution in [1.82, 2.24) is 19.6 Å². The molecule has 0 spiro atoms. The van der Waals surface area contributed by atoms with E-state index in [0.717, 1.165) is 17.0 Å². The predicted octanol–water partition coefficient (Wildman–Crippen LogP) is 3.62. The lowest BCUT2D eigenvalue weighted by molar-refractivity contribution is -0.115. The zero-order valence-electron chi connectivity index (χ0n) is 15.3. The van der Waals surface area contributed by atoms with Gasteiger partial charge in [0.25, 0.3) is 5.78 Å². The molecule has 0 fully saturated rings. The van der Waals surface area contributed by atoms with Crippen molar-refractivity contribution in [2.45, 2.75) is 45.0 Å². The molecule has 136 valence electrons. The number of rotatable bonds is 4. The van der Waals surface area contributed by atoms with Crippen LogP contribution < -0.4 is 5.32 Å². The number of thioether (sulfide) groups is 1. The number of hydrogen-bond donors (Lipinski definition) is 1. The highest BCUT2D eigenvalue weighted by Gasteiger charge is 2.19. The normalized spacial score (nSPS) is 12.4. The third-order valence-corrected chi connectivity index (χ3v) is 5.28. The second-order valence-corrected chi connectivity index (χ2v) is 7.54. The van der Waals surface area contributed by atoms with Crippen molar-refractivity contribution in [3.63, 3.8) is 0 Å². The summed E-state index contributed by atoms with van der Waals surface area (Å²) in [5, 5.41) is 7.18. The number of benzene rings is 1. The fraction of sp³-hybridized carbons (Fsp3) is 0.333. The van der Waals surface area contributed by atoms with Gasteiger partial charge in [-0.15, -0.1) is 5.10 Å². The Bertz CT molecular complexity index is 1000. The second kappa shape index (κ2) is 7.03. The summed E-state index contributed by atoms with van der Waals surface area (Å²) in [7, 11) is 0. The third-order valence-electron chi connectivity index (χ3n) is 4.33. The highest BCUT2D eigenvalue weighted by atomic mass is 32.2. The molecule has 6 nitrogen and oxygen atoms in total. The number of halogens is 1. The quantitative estimate of drug-likeness (QED) is 0.707. The first-order valence-corrected chi connectivity index (χ1v) is 9.08. The SMILES string of the molecule is Cc1ccc(NC(=O)C(C)Sc2nc3nc(C)c(C)c(C)n3n2)cc1F. The second-order valence-electron chi connectivity index (χ2n) is 6.23. The van der Waals surface area contributed by atoms with Gasteiger partial charge in [0.05, 0.1) is 5.25 Å². The van der Waals surface area contributed by atoms with Crippen molar-refractivity contribution in [3.8, 4) is 0 Å². The summed E-state index contributed by atoms with van der Waals surface area (Å²) in [5.41, 5.74) is 3.90. The molecular formula is C18H20FN5OS. The molecule has 3 aromatic rings. The molecule has 26 heavy (non-hydrogen) atoms. The van der Waals surface area contributed by atoms with Crippen LogP contribution in [0.3, 0.4) is 0 Å². The molecule has 2 heterocycles. The maximum Gasteiger partial charge on any atom is 0.253 e. The minimum absolute atomic E-state index is 0.242. The van der Waals surface area contributed by atoms with Gasteiger partial charge in [0.15, 0.2) is 0 Å². The van der Waals surface area contributed by atoms with Crippen molar-refractivity contribution >= 4 is 29.1 Å². The Labute approximate surface area is 155 Å². The molecular weight excluding hydrogens is 353 g/mol. The minimum atomic E-state index is -0.445. The summed E-state index contributed by atoms with van der Waals surface area (Å²) >= 11 is 1.24. The van der Waals surface area contributed by atoms with Gasteiger partial charge in [0, 0.05) is 17.1 Å². The van der Waals surface area contributed by atoms with Crippen LogP contribution in [0.2, 0.25) is 0 Å². The lowest BCUT2D eigenvalue weighted by Gasteiger charge is -2.10. The van der Waals surface area contributed by atoms with Gasteiger partial charge in [0.2, 0.25) is 11.1 Å². The third kappa shape index (κ3) is 3.55. The Morgan fingerprint density at radius 2 is 1.96 bits per heavy atom. The summed E-state index contributed by atoms with van der Waals surface area (Å²) in [6.45, 7) is 9.31. The molecule has 1 unspecified atom stereocenters. The van der Waals surface area contributed by atoms with E-state index in [-0.39, 0.29) is 11.7 Å². The largest absolute Gasteiger partial charge is 0.325 e. The van der Waals surface area contributed by atoms with E-state index in [1.807, 2.05) is 20.8 Å². The first-order chi connectivity index (χ1) is 12.3. The lowest BCUT2D eigenvalue weighted by Crippen LogP contribution is -2.22. The number of carbonyl (C=O) groups excluding carboxylic acids is 1. The van der Waals surface area contributed by atoms with Crippen LogP contribution >= 0.6 is 11.8 Å². The zero-order valence-corrected chi connectivity index (χ0v) is 16.1. The van der Waals surface area contributed by atoms with E-state index in [4.69, 9.17) is 0 Å². The van der Waals surface area contributed by atoms with Crippen molar-refractivity contribution in [2.75, 3.05) is 5.32 Å². The first-order valence-electron chi connectivity index (χ1n) is 8.20. The zero-order chi connectivity index (χ0) is 19.0. The van der Waals surface area contributed by atoms with Gasteiger partial charge in [-0.25, -0.2) is 13.9 Å². The Morgan fingerprint density at radius 3 is 2.65 bits per heavy atom.